The number of nitrogen functional groups attached to an aromatic ring is 1. The molecular weight excluding hydrogens is 240 g/mol. The quantitative estimate of drug-likeness (QED) is 0.718. The fourth-order valence-corrected chi connectivity index (χ4v) is 2.48. The zero-order valence-electron chi connectivity index (χ0n) is 9.83. The van der Waals surface area contributed by atoms with Crippen molar-refractivity contribution in [2.45, 2.75) is 38.1 Å². The van der Waals surface area contributed by atoms with Gasteiger partial charge in [0.1, 0.15) is 0 Å². The number of nitrogens with two attached hydrogens (primary N) is 1. The minimum atomic E-state index is -0.307. The number of aliphatic hydroxyl groups excluding tert-OH is 1. The number of halogens is 1. The molecule has 1 fully saturated rings. The van der Waals surface area contributed by atoms with Crippen LogP contribution in [0.1, 0.15) is 31.4 Å². The molecule has 0 amide bonds. The van der Waals surface area contributed by atoms with E-state index in [2.05, 4.69) is 15.3 Å². The van der Waals surface area contributed by atoms with E-state index in [0.29, 0.717) is 17.2 Å². The monoisotopic (exact) mass is 256 g/mol. The van der Waals surface area contributed by atoms with Crippen LogP contribution in [-0.2, 0) is 0 Å². The SMILES string of the molecule is Cc1nc(Cl)nc(NC2(CO)CCCC2)c1N. The van der Waals surface area contributed by atoms with Crippen LogP contribution in [0.2, 0.25) is 5.28 Å². The van der Waals surface area contributed by atoms with Gasteiger partial charge in [0.2, 0.25) is 5.28 Å². The lowest BCUT2D eigenvalue weighted by atomic mass is 9.99. The molecule has 1 aromatic heterocycles. The first kappa shape index (κ1) is 12.4. The maximum atomic E-state index is 9.53. The number of hydrogen-bond donors (Lipinski definition) is 3. The zero-order valence-corrected chi connectivity index (χ0v) is 10.6. The molecule has 1 aliphatic rings. The highest BCUT2D eigenvalue weighted by Gasteiger charge is 2.34. The second-order valence-corrected chi connectivity index (χ2v) is 4.95. The molecule has 0 aromatic carbocycles. The van der Waals surface area contributed by atoms with Gasteiger partial charge in [0.15, 0.2) is 5.82 Å². The van der Waals surface area contributed by atoms with Gasteiger partial charge in [0.25, 0.3) is 0 Å². The van der Waals surface area contributed by atoms with Crippen LogP contribution in [0.25, 0.3) is 0 Å². The molecule has 1 aromatic rings. The maximum absolute atomic E-state index is 9.53. The summed E-state index contributed by atoms with van der Waals surface area (Å²) in [5, 5.41) is 12.9. The summed E-state index contributed by atoms with van der Waals surface area (Å²) < 4.78 is 0. The first-order valence-corrected chi connectivity index (χ1v) is 6.13. The molecule has 1 aliphatic carbocycles. The Morgan fingerprint density at radius 3 is 2.65 bits per heavy atom. The Bertz CT molecular complexity index is 418. The van der Waals surface area contributed by atoms with Crippen LogP contribution in [0, 0.1) is 6.92 Å². The molecule has 0 atom stereocenters. The Morgan fingerprint density at radius 1 is 1.41 bits per heavy atom. The third-order valence-electron chi connectivity index (χ3n) is 3.36. The highest BCUT2D eigenvalue weighted by molar-refractivity contribution is 6.28. The van der Waals surface area contributed by atoms with Crippen LogP contribution in [0.3, 0.4) is 0 Å². The average Bonchev–Trinajstić information content (AvgIpc) is 2.74. The van der Waals surface area contributed by atoms with Gasteiger partial charge < -0.3 is 16.2 Å². The summed E-state index contributed by atoms with van der Waals surface area (Å²) in [6.45, 7) is 1.86. The van der Waals surface area contributed by atoms with Crippen LogP contribution in [-0.4, -0.2) is 27.2 Å². The summed E-state index contributed by atoms with van der Waals surface area (Å²) in [7, 11) is 0. The number of anilines is 2. The number of aliphatic hydroxyl groups is 1. The van der Waals surface area contributed by atoms with E-state index in [4.69, 9.17) is 17.3 Å². The lowest BCUT2D eigenvalue weighted by molar-refractivity contribution is 0.214. The van der Waals surface area contributed by atoms with Crippen molar-refractivity contribution in [2.24, 2.45) is 0 Å². The third kappa shape index (κ3) is 2.45. The number of hydrogen-bond acceptors (Lipinski definition) is 5. The van der Waals surface area contributed by atoms with Crippen molar-refractivity contribution in [3.05, 3.63) is 11.0 Å². The lowest BCUT2D eigenvalue weighted by Gasteiger charge is -2.29. The second kappa shape index (κ2) is 4.66. The van der Waals surface area contributed by atoms with Gasteiger partial charge in [-0.25, -0.2) is 4.98 Å². The standard InChI is InChI=1S/C11H17ClN4O/c1-7-8(13)9(15-10(12)14-7)16-11(6-17)4-2-3-5-11/h17H,2-6,13H2,1H3,(H,14,15,16). The minimum absolute atomic E-state index is 0.0765. The van der Waals surface area contributed by atoms with Crippen molar-refractivity contribution in [3.8, 4) is 0 Å². The first-order chi connectivity index (χ1) is 8.06. The fourth-order valence-electron chi connectivity index (χ4n) is 2.27. The van der Waals surface area contributed by atoms with Gasteiger partial charge in [-0.3, -0.25) is 0 Å². The number of aromatic nitrogens is 2. The Balaban J connectivity index is 2.28. The van der Waals surface area contributed by atoms with E-state index in [0.717, 1.165) is 25.7 Å². The van der Waals surface area contributed by atoms with Gasteiger partial charge in [-0.1, -0.05) is 12.8 Å². The molecule has 0 unspecified atom stereocenters. The van der Waals surface area contributed by atoms with Gasteiger partial charge in [-0.2, -0.15) is 4.98 Å². The van der Waals surface area contributed by atoms with E-state index >= 15 is 0 Å². The largest absolute Gasteiger partial charge is 0.394 e. The van der Waals surface area contributed by atoms with Gasteiger partial charge in [-0.05, 0) is 31.4 Å². The van der Waals surface area contributed by atoms with E-state index in [-0.39, 0.29) is 17.4 Å². The van der Waals surface area contributed by atoms with Crippen molar-refractivity contribution in [1.82, 2.24) is 9.97 Å². The van der Waals surface area contributed by atoms with Crippen molar-refractivity contribution in [1.29, 1.82) is 0 Å². The van der Waals surface area contributed by atoms with Gasteiger partial charge in [-0.15, -0.1) is 0 Å². The van der Waals surface area contributed by atoms with Gasteiger partial charge in [0.05, 0.1) is 23.5 Å². The summed E-state index contributed by atoms with van der Waals surface area (Å²) >= 11 is 5.82. The van der Waals surface area contributed by atoms with Crippen molar-refractivity contribution in [3.63, 3.8) is 0 Å². The summed E-state index contributed by atoms with van der Waals surface area (Å²) in [6, 6.07) is 0. The van der Waals surface area contributed by atoms with E-state index in [1.807, 2.05) is 0 Å². The van der Waals surface area contributed by atoms with E-state index in [1.165, 1.54) is 0 Å². The summed E-state index contributed by atoms with van der Waals surface area (Å²) in [5.74, 6) is 0.526. The Kier molecular flexibility index (Phi) is 3.40. The van der Waals surface area contributed by atoms with Crippen molar-refractivity contribution < 1.29 is 5.11 Å². The van der Waals surface area contributed by atoms with Crippen molar-refractivity contribution in [2.75, 3.05) is 17.7 Å². The van der Waals surface area contributed by atoms with Crippen LogP contribution < -0.4 is 11.1 Å². The molecular formula is C11H17ClN4O. The molecule has 1 heterocycles. The Hall–Kier alpha value is -1.07. The molecule has 1 saturated carbocycles. The summed E-state index contributed by atoms with van der Waals surface area (Å²) in [6.07, 6.45) is 4.05. The van der Waals surface area contributed by atoms with E-state index in [9.17, 15) is 5.11 Å². The maximum Gasteiger partial charge on any atom is 0.224 e. The number of nitrogens with one attached hydrogen (secondary N) is 1. The molecule has 0 bridgehead atoms. The second-order valence-electron chi connectivity index (χ2n) is 4.61. The zero-order chi connectivity index (χ0) is 12.5. The van der Waals surface area contributed by atoms with E-state index in [1.54, 1.807) is 6.92 Å². The molecule has 17 heavy (non-hydrogen) atoms. The molecule has 5 nitrogen and oxygen atoms in total. The van der Waals surface area contributed by atoms with Gasteiger partial charge in [0, 0.05) is 0 Å². The molecule has 0 spiro atoms. The lowest BCUT2D eigenvalue weighted by Crippen LogP contribution is -2.39. The Morgan fingerprint density at radius 2 is 2.06 bits per heavy atom. The molecule has 0 saturated heterocycles. The number of aryl methyl sites for hydroxylation is 1. The minimum Gasteiger partial charge on any atom is -0.394 e. The van der Waals surface area contributed by atoms with Crippen LogP contribution in [0.4, 0.5) is 11.5 Å². The topological polar surface area (TPSA) is 84.1 Å². The average molecular weight is 257 g/mol. The van der Waals surface area contributed by atoms with Crippen LogP contribution in [0.15, 0.2) is 0 Å². The summed E-state index contributed by atoms with van der Waals surface area (Å²) in [5.41, 5.74) is 6.75. The van der Waals surface area contributed by atoms with E-state index < -0.39 is 0 Å². The van der Waals surface area contributed by atoms with Crippen molar-refractivity contribution >= 4 is 23.1 Å². The molecule has 2 rings (SSSR count). The number of rotatable bonds is 3. The number of nitrogens with zero attached hydrogens (tertiary/aromatic N) is 2. The highest BCUT2D eigenvalue weighted by atomic mass is 35.5. The summed E-state index contributed by atoms with van der Waals surface area (Å²) in [4.78, 5) is 8.08. The molecule has 0 aliphatic heterocycles. The van der Waals surface area contributed by atoms with Crippen LogP contribution >= 0.6 is 11.6 Å². The molecule has 4 N–H and O–H groups in total. The third-order valence-corrected chi connectivity index (χ3v) is 3.52. The predicted molar refractivity (Wildman–Crippen MR) is 68.1 cm³/mol. The highest BCUT2D eigenvalue weighted by Crippen LogP contribution is 2.34. The molecule has 6 heteroatoms. The molecule has 94 valence electrons. The normalized spacial score (nSPS) is 18.3. The molecule has 0 radical (unpaired) electrons. The first-order valence-electron chi connectivity index (χ1n) is 5.75. The smallest absolute Gasteiger partial charge is 0.224 e. The Labute approximate surface area is 105 Å². The fraction of sp³-hybridized carbons (Fsp3) is 0.636. The van der Waals surface area contributed by atoms with Crippen LogP contribution in [0.5, 0.6) is 0 Å². The predicted octanol–water partition coefficient (Wildman–Crippen LogP) is 1.74. The van der Waals surface area contributed by atoms with Gasteiger partial charge >= 0.3 is 0 Å².